The van der Waals surface area contributed by atoms with E-state index in [1.54, 1.807) is 0 Å². The summed E-state index contributed by atoms with van der Waals surface area (Å²) in [5.41, 5.74) is -1.70. The fourth-order valence-corrected chi connectivity index (χ4v) is 7.51. The van der Waals surface area contributed by atoms with E-state index < -0.39 is 46.6 Å². The first-order valence-corrected chi connectivity index (χ1v) is 14.5. The summed E-state index contributed by atoms with van der Waals surface area (Å²) in [6.07, 6.45) is -9.17. The zero-order valence-corrected chi connectivity index (χ0v) is 23.5. The summed E-state index contributed by atoms with van der Waals surface area (Å²) in [5.74, 6) is -4.99. The number of hydrogen-bond acceptors (Lipinski definition) is 10. The Morgan fingerprint density at radius 3 is 1.20 bits per heavy atom. The Bertz CT molecular complexity index is 1650. The minimum atomic E-state index is -4.58. The van der Waals surface area contributed by atoms with Crippen molar-refractivity contribution in [3.8, 4) is 9.75 Å². The molecule has 228 valence electrons. The van der Waals surface area contributed by atoms with Crippen LogP contribution in [-0.4, -0.2) is 48.0 Å². The predicted octanol–water partition coefficient (Wildman–Crippen LogP) is 6.18. The van der Waals surface area contributed by atoms with Gasteiger partial charge in [-0.3, -0.25) is 9.59 Å². The van der Waals surface area contributed by atoms with E-state index in [9.17, 15) is 35.9 Å². The molecule has 0 saturated carbocycles. The third-order valence-electron chi connectivity index (χ3n) is 7.24. The van der Waals surface area contributed by atoms with Crippen LogP contribution in [0.25, 0.3) is 9.75 Å². The second-order valence-corrected chi connectivity index (χ2v) is 11.8. The normalized spacial score (nSPS) is 18.5. The molecule has 2 aromatic heterocycles. The maximum Gasteiger partial charge on any atom is 0.416 e. The number of rotatable bonds is 4. The maximum absolute atomic E-state index is 13.4. The lowest BCUT2D eigenvalue weighted by Gasteiger charge is -2.42. The van der Waals surface area contributed by atoms with Gasteiger partial charge in [0.05, 0.1) is 47.3 Å². The fourth-order valence-electron chi connectivity index (χ4n) is 5.25. The van der Waals surface area contributed by atoms with E-state index in [2.05, 4.69) is 9.97 Å². The Labute approximate surface area is 251 Å². The Balaban J connectivity index is 1.34. The number of carbonyl (C=O) groups excluding carboxylic acids is 2. The first kappa shape index (κ1) is 29.2. The van der Waals surface area contributed by atoms with E-state index in [-0.39, 0.29) is 59.0 Å². The summed E-state index contributed by atoms with van der Waals surface area (Å²) in [5, 5.41) is -0.198. The number of benzene rings is 2. The summed E-state index contributed by atoms with van der Waals surface area (Å²) in [6, 6.07) is 7.37. The zero-order valence-electron chi connectivity index (χ0n) is 21.9. The highest BCUT2D eigenvalue weighted by Gasteiger charge is 2.70. The molecule has 7 rings (SSSR count). The molecule has 0 atom stereocenters. The van der Waals surface area contributed by atoms with Crippen molar-refractivity contribution in [1.29, 1.82) is 0 Å². The van der Waals surface area contributed by atoms with Crippen LogP contribution in [0.4, 0.5) is 26.3 Å². The van der Waals surface area contributed by atoms with Gasteiger partial charge in [-0.25, -0.2) is 9.97 Å². The molecule has 44 heavy (non-hydrogen) atoms. The van der Waals surface area contributed by atoms with Crippen LogP contribution in [0.2, 0.25) is 0 Å². The fraction of sp³-hybridized carbons (Fsp3) is 0.286. The summed E-state index contributed by atoms with van der Waals surface area (Å²) in [6.45, 7) is 0.351. The molecule has 4 heterocycles. The Morgan fingerprint density at radius 1 is 0.591 bits per heavy atom. The molecule has 0 N–H and O–H groups in total. The quantitative estimate of drug-likeness (QED) is 0.190. The molecule has 0 radical (unpaired) electrons. The van der Waals surface area contributed by atoms with E-state index in [1.807, 2.05) is 0 Å². The molecule has 2 spiro atoms. The summed E-state index contributed by atoms with van der Waals surface area (Å²) >= 11 is 1.80. The molecule has 1 aliphatic carbocycles. The summed E-state index contributed by atoms with van der Waals surface area (Å²) in [7, 11) is 0. The third-order valence-corrected chi connectivity index (χ3v) is 9.52. The number of thiazole rings is 2. The SMILES string of the molecule is O=C(c1ccc(C(F)(F)F)cc1)c1nc2c(s1)-c1sc(C(=O)c3ccc(C(F)(F)F)cc3)nc1C1(OCCO1)C21OCCO1. The number of aromatic nitrogens is 2. The first-order valence-electron chi connectivity index (χ1n) is 12.9. The molecule has 3 aliphatic rings. The second-order valence-electron chi connectivity index (χ2n) is 9.83. The van der Waals surface area contributed by atoms with Crippen molar-refractivity contribution in [2.45, 2.75) is 23.9 Å². The van der Waals surface area contributed by atoms with Crippen LogP contribution >= 0.6 is 22.7 Å². The highest BCUT2D eigenvalue weighted by atomic mass is 32.1. The van der Waals surface area contributed by atoms with Gasteiger partial charge in [0.15, 0.2) is 10.0 Å². The Morgan fingerprint density at radius 2 is 0.909 bits per heavy atom. The van der Waals surface area contributed by atoms with Gasteiger partial charge in [-0.1, -0.05) is 24.3 Å². The number of ketones is 2. The van der Waals surface area contributed by atoms with Gasteiger partial charge in [-0.2, -0.15) is 26.3 Å². The van der Waals surface area contributed by atoms with Crippen LogP contribution < -0.4 is 0 Å². The lowest BCUT2D eigenvalue weighted by Crippen LogP contribution is -2.54. The number of alkyl halides is 6. The van der Waals surface area contributed by atoms with Gasteiger partial charge >= 0.3 is 12.4 Å². The summed E-state index contributed by atoms with van der Waals surface area (Å²) < 4.78 is 103. The lowest BCUT2D eigenvalue weighted by molar-refractivity contribution is -0.368. The average Bonchev–Trinajstić information content (AvgIpc) is 3.80. The standard InChI is InChI=1S/C28H16F6N2O6S2/c29-27(30,31)15-5-1-13(2-6-15)17(37)23-35-21-19(43-23)20-22(26(41-11-12-42-26)25(21)39-9-10-40-25)36-24(44-20)18(38)14-3-7-16(8-4-14)28(32,33)34/h1-8H,9-12H2. The average molecular weight is 655 g/mol. The van der Waals surface area contributed by atoms with E-state index in [1.165, 1.54) is 0 Å². The van der Waals surface area contributed by atoms with Gasteiger partial charge in [0.25, 0.3) is 11.6 Å². The van der Waals surface area contributed by atoms with E-state index in [0.717, 1.165) is 71.2 Å². The van der Waals surface area contributed by atoms with Crippen LogP contribution in [0.1, 0.15) is 53.2 Å². The smallest absolute Gasteiger partial charge is 0.338 e. The molecule has 0 amide bonds. The minimum Gasteiger partial charge on any atom is -0.338 e. The van der Waals surface area contributed by atoms with Crippen LogP contribution in [0, 0.1) is 0 Å². The monoisotopic (exact) mass is 654 g/mol. The molecular formula is C28H16F6N2O6S2. The Hall–Kier alpha value is -3.54. The third kappa shape index (κ3) is 4.34. The van der Waals surface area contributed by atoms with Crippen molar-refractivity contribution in [3.63, 3.8) is 0 Å². The molecule has 4 aromatic rings. The van der Waals surface area contributed by atoms with Crippen LogP contribution in [0.15, 0.2) is 48.5 Å². The topological polar surface area (TPSA) is 96.8 Å². The number of carbonyl (C=O) groups is 2. The number of halogens is 6. The number of ether oxygens (including phenoxy) is 4. The molecule has 0 unspecified atom stereocenters. The van der Waals surface area contributed by atoms with Crippen LogP contribution in [-0.2, 0) is 42.9 Å². The van der Waals surface area contributed by atoms with E-state index in [0.29, 0.717) is 9.75 Å². The molecule has 2 saturated heterocycles. The van der Waals surface area contributed by atoms with E-state index in [4.69, 9.17) is 18.9 Å². The van der Waals surface area contributed by atoms with Crippen molar-refractivity contribution in [2.75, 3.05) is 26.4 Å². The highest BCUT2D eigenvalue weighted by molar-refractivity contribution is 7.24. The van der Waals surface area contributed by atoms with Crippen LogP contribution in [0.3, 0.4) is 0 Å². The lowest BCUT2D eigenvalue weighted by atomic mass is 9.90. The van der Waals surface area contributed by atoms with Crippen molar-refractivity contribution < 1.29 is 54.9 Å². The van der Waals surface area contributed by atoms with Gasteiger partial charge in [0.2, 0.25) is 11.6 Å². The number of hydrogen-bond donors (Lipinski definition) is 0. The molecule has 16 heteroatoms. The highest BCUT2D eigenvalue weighted by Crippen LogP contribution is 2.61. The van der Waals surface area contributed by atoms with Crippen molar-refractivity contribution in [1.82, 2.24) is 9.97 Å². The van der Waals surface area contributed by atoms with Gasteiger partial charge < -0.3 is 18.9 Å². The predicted molar refractivity (Wildman–Crippen MR) is 140 cm³/mol. The molecule has 8 nitrogen and oxygen atoms in total. The molecule has 0 bridgehead atoms. The maximum atomic E-state index is 13.4. The molecule has 2 aliphatic heterocycles. The van der Waals surface area contributed by atoms with E-state index >= 15 is 0 Å². The van der Waals surface area contributed by atoms with Crippen molar-refractivity contribution >= 4 is 34.2 Å². The number of nitrogens with zero attached hydrogens (tertiary/aromatic N) is 2. The Kier molecular flexibility index (Phi) is 6.62. The zero-order chi connectivity index (χ0) is 31.1. The van der Waals surface area contributed by atoms with Gasteiger partial charge in [0, 0.05) is 11.1 Å². The minimum absolute atomic E-state index is 0.0443. The second kappa shape index (κ2) is 9.98. The van der Waals surface area contributed by atoms with Gasteiger partial charge in [0.1, 0.15) is 11.4 Å². The first-order chi connectivity index (χ1) is 20.8. The summed E-state index contributed by atoms with van der Waals surface area (Å²) in [4.78, 5) is 36.6. The largest absolute Gasteiger partial charge is 0.416 e. The molecule has 2 fully saturated rings. The molecule has 2 aromatic carbocycles. The van der Waals surface area contributed by atoms with Crippen molar-refractivity contribution in [2.24, 2.45) is 0 Å². The van der Waals surface area contributed by atoms with Gasteiger partial charge in [-0.05, 0) is 24.3 Å². The van der Waals surface area contributed by atoms with Gasteiger partial charge in [-0.15, -0.1) is 22.7 Å². The van der Waals surface area contributed by atoms with Crippen LogP contribution in [0.5, 0.6) is 0 Å². The molecular weight excluding hydrogens is 638 g/mol. The number of fused-ring (bicyclic) bond motifs is 6. The van der Waals surface area contributed by atoms with Crippen molar-refractivity contribution in [3.05, 3.63) is 92.2 Å².